The number of para-hydroxylation sites is 1. The summed E-state index contributed by atoms with van der Waals surface area (Å²) in [6.07, 6.45) is 1.28. The molecule has 0 fully saturated rings. The maximum atomic E-state index is 13.0. The maximum absolute atomic E-state index is 13.0. The fraction of sp³-hybridized carbons (Fsp3) is 0.130. The van der Waals surface area contributed by atoms with Gasteiger partial charge in [-0.1, -0.05) is 42.5 Å². The minimum absolute atomic E-state index is 0.0983. The van der Waals surface area contributed by atoms with E-state index in [1.807, 2.05) is 42.5 Å². The predicted molar refractivity (Wildman–Crippen MR) is 111 cm³/mol. The molecular weight excluding hydrogens is 371 g/mol. The second-order valence-electron chi connectivity index (χ2n) is 6.54. The van der Waals surface area contributed by atoms with Crippen LogP contribution in [0.2, 0.25) is 0 Å². The molecule has 1 amide bonds. The van der Waals surface area contributed by atoms with Crippen LogP contribution in [-0.2, 0) is 12.8 Å². The molecule has 0 aliphatic heterocycles. The molecule has 0 aliphatic carbocycles. The maximum Gasteiger partial charge on any atom is 0.251 e. The van der Waals surface area contributed by atoms with E-state index >= 15 is 0 Å². The molecular formula is C23H19FN2OS. The number of rotatable bonds is 6. The van der Waals surface area contributed by atoms with Gasteiger partial charge in [-0.2, -0.15) is 0 Å². The van der Waals surface area contributed by atoms with Crippen molar-refractivity contribution >= 4 is 27.5 Å². The fourth-order valence-corrected chi connectivity index (χ4v) is 4.11. The monoisotopic (exact) mass is 390 g/mol. The van der Waals surface area contributed by atoms with E-state index in [1.165, 1.54) is 12.1 Å². The number of hydrogen-bond donors (Lipinski definition) is 1. The van der Waals surface area contributed by atoms with Crippen molar-refractivity contribution in [3.8, 4) is 0 Å². The molecule has 1 N–H and O–H groups in total. The van der Waals surface area contributed by atoms with Crippen LogP contribution in [-0.4, -0.2) is 17.4 Å². The van der Waals surface area contributed by atoms with Crippen LogP contribution in [0.3, 0.4) is 0 Å². The van der Waals surface area contributed by atoms with E-state index in [9.17, 15) is 9.18 Å². The molecule has 28 heavy (non-hydrogen) atoms. The number of carbonyl (C=O) groups excluding carboxylic acids is 1. The Bertz CT molecular complexity index is 1070. The average molecular weight is 390 g/mol. The number of fused-ring (bicyclic) bond motifs is 1. The smallest absolute Gasteiger partial charge is 0.251 e. The van der Waals surface area contributed by atoms with E-state index in [2.05, 4.69) is 16.4 Å². The van der Waals surface area contributed by atoms with Crippen molar-refractivity contribution in [3.05, 3.63) is 100 Å². The molecule has 4 aromatic rings. The Morgan fingerprint density at radius 3 is 2.54 bits per heavy atom. The van der Waals surface area contributed by atoms with Crippen LogP contribution in [0.15, 0.2) is 72.8 Å². The molecule has 1 heterocycles. The SMILES string of the molecule is O=C(NCCc1ccc(F)cc1)c1ccccc1Cc1nc2ccccc2s1. The lowest BCUT2D eigenvalue weighted by Gasteiger charge is -2.09. The van der Waals surface area contributed by atoms with Crippen molar-refractivity contribution in [1.29, 1.82) is 0 Å². The summed E-state index contributed by atoms with van der Waals surface area (Å²) in [5.74, 6) is -0.351. The van der Waals surface area contributed by atoms with Crippen LogP contribution in [0.1, 0.15) is 26.5 Å². The Morgan fingerprint density at radius 2 is 1.71 bits per heavy atom. The highest BCUT2D eigenvalue weighted by molar-refractivity contribution is 7.18. The summed E-state index contributed by atoms with van der Waals surface area (Å²) in [6.45, 7) is 0.500. The van der Waals surface area contributed by atoms with Gasteiger partial charge in [0.05, 0.1) is 15.2 Å². The molecule has 5 heteroatoms. The van der Waals surface area contributed by atoms with Gasteiger partial charge in [0, 0.05) is 18.5 Å². The third kappa shape index (κ3) is 4.26. The number of amides is 1. The van der Waals surface area contributed by atoms with Gasteiger partial charge in [-0.05, 0) is 47.9 Å². The van der Waals surface area contributed by atoms with Gasteiger partial charge in [-0.25, -0.2) is 9.37 Å². The van der Waals surface area contributed by atoms with Gasteiger partial charge >= 0.3 is 0 Å². The largest absolute Gasteiger partial charge is 0.352 e. The molecule has 1 aromatic heterocycles. The summed E-state index contributed by atoms with van der Waals surface area (Å²) in [6, 6.07) is 22.0. The van der Waals surface area contributed by atoms with Gasteiger partial charge in [0.15, 0.2) is 0 Å². The first-order valence-electron chi connectivity index (χ1n) is 9.14. The zero-order valence-corrected chi connectivity index (χ0v) is 16.0. The highest BCUT2D eigenvalue weighted by atomic mass is 32.1. The van der Waals surface area contributed by atoms with E-state index in [1.54, 1.807) is 23.5 Å². The van der Waals surface area contributed by atoms with Crippen molar-refractivity contribution < 1.29 is 9.18 Å². The second-order valence-corrected chi connectivity index (χ2v) is 7.66. The number of thiazole rings is 1. The Hall–Kier alpha value is -3.05. The number of aromatic nitrogens is 1. The van der Waals surface area contributed by atoms with Crippen LogP contribution in [0.4, 0.5) is 4.39 Å². The van der Waals surface area contributed by atoms with Crippen LogP contribution < -0.4 is 5.32 Å². The number of halogens is 1. The number of benzene rings is 3. The fourth-order valence-electron chi connectivity index (χ4n) is 3.12. The Labute approximate surface area is 166 Å². The first-order valence-corrected chi connectivity index (χ1v) is 9.96. The lowest BCUT2D eigenvalue weighted by atomic mass is 10.0. The number of hydrogen-bond acceptors (Lipinski definition) is 3. The molecule has 140 valence electrons. The molecule has 0 spiro atoms. The summed E-state index contributed by atoms with van der Waals surface area (Å²) in [5, 5.41) is 3.96. The first kappa shape index (κ1) is 18.3. The minimum Gasteiger partial charge on any atom is -0.352 e. The van der Waals surface area contributed by atoms with Crippen LogP contribution in [0, 0.1) is 5.82 Å². The van der Waals surface area contributed by atoms with E-state index in [0.717, 1.165) is 26.4 Å². The van der Waals surface area contributed by atoms with Gasteiger partial charge in [-0.15, -0.1) is 11.3 Å². The summed E-state index contributed by atoms with van der Waals surface area (Å²) in [4.78, 5) is 17.4. The van der Waals surface area contributed by atoms with Gasteiger partial charge < -0.3 is 5.32 Å². The highest BCUT2D eigenvalue weighted by Crippen LogP contribution is 2.24. The summed E-state index contributed by atoms with van der Waals surface area (Å²) >= 11 is 1.66. The van der Waals surface area contributed by atoms with Gasteiger partial charge in [0.1, 0.15) is 5.82 Å². The minimum atomic E-state index is -0.253. The van der Waals surface area contributed by atoms with E-state index < -0.39 is 0 Å². The Morgan fingerprint density at radius 1 is 0.964 bits per heavy atom. The van der Waals surface area contributed by atoms with Crippen molar-refractivity contribution in [2.24, 2.45) is 0 Å². The van der Waals surface area contributed by atoms with Crippen molar-refractivity contribution in [2.45, 2.75) is 12.8 Å². The Kier molecular flexibility index (Phi) is 5.44. The quantitative estimate of drug-likeness (QED) is 0.503. The average Bonchev–Trinajstić information content (AvgIpc) is 3.12. The number of nitrogens with zero attached hydrogens (tertiary/aromatic N) is 1. The van der Waals surface area contributed by atoms with E-state index in [4.69, 9.17) is 0 Å². The van der Waals surface area contributed by atoms with Gasteiger partial charge in [0.25, 0.3) is 5.91 Å². The van der Waals surface area contributed by atoms with Crippen LogP contribution in [0.25, 0.3) is 10.2 Å². The van der Waals surface area contributed by atoms with E-state index in [-0.39, 0.29) is 11.7 Å². The zero-order valence-electron chi connectivity index (χ0n) is 15.2. The lowest BCUT2D eigenvalue weighted by molar-refractivity contribution is 0.0953. The summed E-state index contributed by atoms with van der Waals surface area (Å²) < 4.78 is 14.1. The summed E-state index contributed by atoms with van der Waals surface area (Å²) in [5.41, 5.74) is 3.61. The molecule has 0 aliphatic rings. The molecule has 0 radical (unpaired) electrons. The topological polar surface area (TPSA) is 42.0 Å². The van der Waals surface area contributed by atoms with Gasteiger partial charge in [0.2, 0.25) is 0 Å². The van der Waals surface area contributed by atoms with Crippen molar-refractivity contribution in [3.63, 3.8) is 0 Å². The molecule has 3 aromatic carbocycles. The molecule has 0 saturated heterocycles. The molecule has 0 atom stereocenters. The normalized spacial score (nSPS) is 10.9. The molecule has 4 rings (SSSR count). The third-order valence-corrected chi connectivity index (χ3v) is 5.59. The molecule has 0 saturated carbocycles. The zero-order chi connectivity index (χ0) is 19.3. The van der Waals surface area contributed by atoms with Crippen molar-refractivity contribution in [1.82, 2.24) is 10.3 Å². The summed E-state index contributed by atoms with van der Waals surface area (Å²) in [7, 11) is 0. The highest BCUT2D eigenvalue weighted by Gasteiger charge is 2.13. The molecule has 0 unspecified atom stereocenters. The third-order valence-electron chi connectivity index (χ3n) is 4.55. The van der Waals surface area contributed by atoms with Gasteiger partial charge in [-0.3, -0.25) is 4.79 Å². The predicted octanol–water partition coefficient (Wildman–Crippen LogP) is 5.00. The standard InChI is InChI=1S/C23H19FN2OS/c24-18-11-9-16(10-12-18)13-14-25-23(27)19-6-2-1-5-17(19)15-22-26-20-7-3-4-8-21(20)28-22/h1-12H,13-15H2,(H,25,27). The second kappa shape index (κ2) is 8.31. The number of nitrogens with one attached hydrogen (secondary N) is 1. The van der Waals surface area contributed by atoms with Crippen LogP contribution >= 0.6 is 11.3 Å². The van der Waals surface area contributed by atoms with E-state index in [0.29, 0.717) is 24.9 Å². The number of carbonyl (C=O) groups is 1. The Balaban J connectivity index is 1.44. The first-order chi connectivity index (χ1) is 13.7. The van der Waals surface area contributed by atoms with Crippen LogP contribution in [0.5, 0.6) is 0 Å². The molecule has 0 bridgehead atoms. The molecule has 3 nitrogen and oxygen atoms in total. The lowest BCUT2D eigenvalue weighted by Crippen LogP contribution is -2.26. The van der Waals surface area contributed by atoms with Crippen molar-refractivity contribution in [2.75, 3.05) is 6.54 Å².